The normalized spacial score (nSPS) is 22.8. The number of rotatable bonds is 18. The lowest BCUT2D eigenvalue weighted by atomic mass is 9.92. The highest BCUT2D eigenvalue weighted by Gasteiger charge is 2.53. The molecular weight excluding hydrogens is 1200 g/mol. The number of nitrogens with zero attached hydrogens (tertiary/aromatic N) is 10. The van der Waals surface area contributed by atoms with Crippen molar-refractivity contribution in [3.8, 4) is 0 Å². The van der Waals surface area contributed by atoms with E-state index in [-0.39, 0.29) is 66.1 Å². The molecule has 2 aromatic carbocycles. The first kappa shape index (κ1) is 63.4. The van der Waals surface area contributed by atoms with Crippen molar-refractivity contribution >= 4 is 93.5 Å². The van der Waals surface area contributed by atoms with Crippen molar-refractivity contribution in [2.75, 3.05) is 91.8 Å². The Hall–Kier alpha value is -7.10. The maximum absolute atomic E-state index is 14.6. The number of ether oxygens (including phenoxy) is 2. The van der Waals surface area contributed by atoms with E-state index in [0.717, 1.165) is 0 Å². The van der Waals surface area contributed by atoms with Crippen molar-refractivity contribution in [1.29, 1.82) is 0 Å². The van der Waals surface area contributed by atoms with E-state index < -0.39 is 69.5 Å². The number of urea groups is 2. The number of carboxylic acids is 2. The van der Waals surface area contributed by atoms with Crippen molar-refractivity contribution in [3.05, 3.63) is 125 Å². The highest BCUT2D eigenvalue weighted by molar-refractivity contribution is 7.12. The van der Waals surface area contributed by atoms with Crippen LogP contribution in [0.25, 0.3) is 0 Å². The summed E-state index contributed by atoms with van der Waals surface area (Å²) in [4.78, 5) is 106. The summed E-state index contributed by atoms with van der Waals surface area (Å²) in [6.07, 6.45) is 3.30. The molecule has 10 rings (SSSR count). The van der Waals surface area contributed by atoms with Crippen LogP contribution >= 0.6 is 45.9 Å². The molecule has 4 saturated heterocycles. The van der Waals surface area contributed by atoms with E-state index in [1.165, 1.54) is 53.0 Å². The van der Waals surface area contributed by atoms with Crippen LogP contribution in [0, 0.1) is 22.5 Å². The zero-order valence-electron chi connectivity index (χ0n) is 48.8. The summed E-state index contributed by atoms with van der Waals surface area (Å²) in [5.74, 6) is -3.36. The fraction of sp³-hybridized carbons (Fsp3) is 0.483. The number of aromatic nitrogens is 2. The molecular formula is C58H68Cl2F2N12O10S2. The highest BCUT2D eigenvalue weighted by atomic mass is 35.5. The van der Waals surface area contributed by atoms with Crippen LogP contribution < -0.4 is 10.6 Å². The van der Waals surface area contributed by atoms with Crippen LogP contribution in [0.5, 0.6) is 0 Å². The first-order valence-electron chi connectivity index (χ1n) is 27.9. The Morgan fingerprint density at radius 2 is 1.14 bits per heavy atom. The predicted octanol–water partition coefficient (Wildman–Crippen LogP) is 7.53. The minimum absolute atomic E-state index is 0.0939. The Labute approximate surface area is 514 Å². The number of amides is 4. The van der Waals surface area contributed by atoms with E-state index in [1.807, 2.05) is 24.6 Å². The van der Waals surface area contributed by atoms with Crippen LogP contribution in [0.1, 0.15) is 88.6 Å². The number of carboxylic acid groups (broad SMARTS) is 2. The largest absolute Gasteiger partial charge is 0.481 e. The van der Waals surface area contributed by atoms with Gasteiger partial charge in [0.2, 0.25) is 0 Å². The number of amidine groups is 2. The van der Waals surface area contributed by atoms with Gasteiger partial charge in [0, 0.05) is 129 Å². The maximum Gasteiger partial charge on any atom is 0.338 e. The van der Waals surface area contributed by atoms with Crippen LogP contribution in [0.4, 0.5) is 18.4 Å². The summed E-state index contributed by atoms with van der Waals surface area (Å²) < 4.78 is 39.5. The summed E-state index contributed by atoms with van der Waals surface area (Å²) in [6.45, 7) is 18.4. The average Bonchev–Trinajstić information content (AvgIpc) is 1.50. The molecule has 4 aromatic rings. The monoisotopic (exact) mass is 1260 g/mol. The SMILES string of the molecule is CCOC(=O)C1=C(CN2CCN3C(=O)N(CC(C)(C)C(=O)O)C[C@]3(C)C2)NC(c2nccs2)=N[C@H]1c1ccc(F)cc1Cl.CCOC(=O)C1=C(CN2CCN3C(=O)N(CC(C)(C)C(=O)O)C[C@]3(C)C2)NC(c2nccs2)=N[C@H]1c1cccc(F)c1Cl. The molecule has 460 valence electrons. The maximum atomic E-state index is 14.6. The Morgan fingerprint density at radius 3 is 1.55 bits per heavy atom. The number of carbonyl (C=O) groups excluding carboxylic acids is 4. The molecule has 0 aliphatic carbocycles. The fourth-order valence-electron chi connectivity index (χ4n) is 11.7. The van der Waals surface area contributed by atoms with Crippen molar-refractivity contribution in [2.24, 2.45) is 20.8 Å². The number of aliphatic carboxylic acids is 2. The number of thiazole rings is 2. The molecule has 0 unspecified atom stereocenters. The second-order valence-electron chi connectivity index (χ2n) is 23.6. The molecule has 4 amide bonds. The van der Waals surface area contributed by atoms with Gasteiger partial charge in [-0.3, -0.25) is 29.4 Å². The fourth-order valence-corrected chi connectivity index (χ4v) is 13.4. The van der Waals surface area contributed by atoms with Gasteiger partial charge in [0.1, 0.15) is 23.7 Å². The molecule has 86 heavy (non-hydrogen) atoms. The van der Waals surface area contributed by atoms with E-state index in [4.69, 9.17) is 42.7 Å². The zero-order chi connectivity index (χ0) is 62.2. The van der Waals surface area contributed by atoms with Crippen LogP contribution in [-0.4, -0.2) is 200 Å². The van der Waals surface area contributed by atoms with E-state index in [0.29, 0.717) is 103 Å². The lowest BCUT2D eigenvalue weighted by Crippen LogP contribution is -2.60. The number of esters is 2. The highest BCUT2D eigenvalue weighted by Crippen LogP contribution is 2.41. The summed E-state index contributed by atoms with van der Waals surface area (Å²) in [6, 6.07) is 6.21. The molecule has 2 aromatic heterocycles. The van der Waals surface area contributed by atoms with Gasteiger partial charge in [-0.2, -0.15) is 0 Å². The molecule has 4 N–H and O–H groups in total. The van der Waals surface area contributed by atoms with Crippen LogP contribution in [0.15, 0.2) is 92.1 Å². The Kier molecular flexibility index (Phi) is 18.7. The number of hydrogen-bond donors (Lipinski definition) is 4. The molecule has 22 nitrogen and oxygen atoms in total. The molecule has 0 radical (unpaired) electrons. The molecule has 6 aliphatic rings. The third-order valence-electron chi connectivity index (χ3n) is 15.9. The van der Waals surface area contributed by atoms with Gasteiger partial charge in [-0.25, -0.2) is 37.9 Å². The van der Waals surface area contributed by atoms with Gasteiger partial charge in [0.25, 0.3) is 0 Å². The van der Waals surface area contributed by atoms with Crippen molar-refractivity contribution in [1.82, 2.24) is 50.0 Å². The van der Waals surface area contributed by atoms with Gasteiger partial charge in [0.05, 0.1) is 51.3 Å². The van der Waals surface area contributed by atoms with E-state index >= 15 is 0 Å². The van der Waals surface area contributed by atoms with Crippen molar-refractivity contribution in [3.63, 3.8) is 0 Å². The Morgan fingerprint density at radius 1 is 0.686 bits per heavy atom. The Balaban J connectivity index is 0.000000205. The van der Waals surface area contributed by atoms with E-state index in [2.05, 4.69) is 30.4 Å². The van der Waals surface area contributed by atoms with Gasteiger partial charge in [-0.1, -0.05) is 41.4 Å². The van der Waals surface area contributed by atoms with E-state index in [9.17, 15) is 47.8 Å². The lowest BCUT2D eigenvalue weighted by molar-refractivity contribution is -0.148. The smallest absolute Gasteiger partial charge is 0.338 e. The van der Waals surface area contributed by atoms with Crippen LogP contribution in [-0.2, 0) is 28.7 Å². The number of nitrogens with one attached hydrogen (secondary N) is 2. The van der Waals surface area contributed by atoms with Gasteiger partial charge in [-0.15, -0.1) is 22.7 Å². The minimum Gasteiger partial charge on any atom is -0.481 e. The second-order valence-corrected chi connectivity index (χ2v) is 26.2. The van der Waals surface area contributed by atoms with Crippen molar-refractivity contribution in [2.45, 2.75) is 78.6 Å². The molecule has 8 heterocycles. The number of aliphatic imine (C=N–C) groups is 2. The Bertz CT molecular complexity index is 3440. The topological polar surface area (TPSA) is 255 Å². The first-order valence-corrected chi connectivity index (χ1v) is 30.4. The molecule has 0 bridgehead atoms. The quantitative estimate of drug-likeness (QED) is 0.0702. The van der Waals surface area contributed by atoms with Crippen LogP contribution in [0.2, 0.25) is 10.0 Å². The first-order chi connectivity index (χ1) is 40.7. The van der Waals surface area contributed by atoms with Gasteiger partial charge in [-0.05, 0) is 73.6 Å². The number of halogens is 4. The molecule has 4 atom stereocenters. The lowest BCUT2D eigenvalue weighted by Gasteiger charge is -2.44. The molecule has 6 aliphatic heterocycles. The standard InChI is InChI=1S/2C29H34ClFN6O5S/c1-5-42-25(38)21-20(33-23(24-32-8-11-43-24)34-22(21)18-7-6-17(31)12-19(18)30)13-35-9-10-37-27(41)36(16-29(37,4)15-35)14-28(2,3)26(39)40;1-5-42-25(38)20-19(33-23(24-32-9-12-43-24)34-22(20)17-7-6-8-18(31)21(17)30)13-35-10-11-37-27(41)36(16-29(37,4)15-35)14-28(2,3)26(39)40/h6-8,11-12,22H,5,9-10,13-16H2,1-4H3,(H,33,34)(H,39,40);6-9,12,22H,5,10-11,13-16H2,1-4H3,(H,33,34)(H,39,40)/t2*22-,29-/m00/s1. The summed E-state index contributed by atoms with van der Waals surface area (Å²) in [5, 5.41) is 30.7. The zero-order valence-corrected chi connectivity index (χ0v) is 51.9. The number of carbonyl (C=O) groups is 6. The molecule has 28 heteroatoms. The average molecular weight is 1270 g/mol. The van der Waals surface area contributed by atoms with Gasteiger partial charge in [0.15, 0.2) is 21.7 Å². The molecule has 4 fully saturated rings. The minimum atomic E-state index is -1.09. The number of hydrogen-bond acceptors (Lipinski definition) is 18. The predicted molar refractivity (Wildman–Crippen MR) is 319 cm³/mol. The second kappa shape index (κ2) is 25.3. The number of fused-ring (bicyclic) bond motifs is 2. The van der Waals surface area contributed by atoms with Gasteiger partial charge < -0.3 is 49.9 Å². The third kappa shape index (κ3) is 13.1. The summed E-state index contributed by atoms with van der Waals surface area (Å²) in [7, 11) is 0. The van der Waals surface area contributed by atoms with Crippen LogP contribution in [0.3, 0.4) is 0 Å². The summed E-state index contributed by atoms with van der Waals surface area (Å²) in [5.41, 5.74) is -1.01. The van der Waals surface area contributed by atoms with Gasteiger partial charge >= 0.3 is 35.9 Å². The number of piperazine rings is 2. The summed E-state index contributed by atoms with van der Waals surface area (Å²) >= 11 is 15.6. The van der Waals surface area contributed by atoms with Crippen molar-refractivity contribution < 1.29 is 57.2 Å². The van der Waals surface area contributed by atoms with E-state index in [1.54, 1.807) is 79.6 Å². The molecule has 0 saturated carbocycles. The third-order valence-corrected chi connectivity index (χ3v) is 18.2. The molecule has 0 spiro atoms. The number of benzene rings is 2.